The van der Waals surface area contributed by atoms with E-state index in [1.165, 1.54) is 0 Å². The molecule has 0 radical (unpaired) electrons. The third-order valence-electron chi connectivity index (χ3n) is 4.53. The maximum absolute atomic E-state index is 12.8. The van der Waals surface area contributed by atoms with Crippen LogP contribution in [-0.2, 0) is 10.5 Å². The van der Waals surface area contributed by atoms with Crippen LogP contribution in [0.25, 0.3) is 0 Å². The van der Waals surface area contributed by atoms with Gasteiger partial charge in [0, 0.05) is 59.8 Å². The van der Waals surface area contributed by atoms with Crippen molar-refractivity contribution in [2.75, 3.05) is 25.1 Å². The number of rotatable bonds is 6. The fourth-order valence-corrected chi connectivity index (χ4v) is 3.84. The SMILES string of the molecule is CC.CN(C)C1=CCCCC(C(=O)Nc2cccc(CSc3cnccc3N)c2)=C1. The summed E-state index contributed by atoms with van der Waals surface area (Å²) in [7, 11) is 4.00. The highest BCUT2D eigenvalue weighted by Crippen LogP contribution is 2.28. The number of carbonyl (C=O) groups is 1. The number of hydrogen-bond donors (Lipinski definition) is 2. The lowest BCUT2D eigenvalue weighted by Crippen LogP contribution is -2.16. The number of allylic oxidation sites excluding steroid dienone is 2. The number of hydrogen-bond acceptors (Lipinski definition) is 5. The van der Waals surface area contributed by atoms with E-state index in [0.717, 1.165) is 58.1 Å². The molecule has 0 spiro atoms. The van der Waals surface area contributed by atoms with Gasteiger partial charge in [0.1, 0.15) is 0 Å². The Labute approximate surface area is 184 Å². The van der Waals surface area contributed by atoms with E-state index < -0.39 is 0 Å². The van der Waals surface area contributed by atoms with Crippen LogP contribution in [0.1, 0.15) is 38.7 Å². The third kappa shape index (κ3) is 6.95. The van der Waals surface area contributed by atoms with Gasteiger partial charge in [-0.2, -0.15) is 0 Å². The fourth-order valence-electron chi connectivity index (χ4n) is 2.97. The summed E-state index contributed by atoms with van der Waals surface area (Å²) in [6.45, 7) is 4.00. The number of amides is 1. The van der Waals surface area contributed by atoms with Crippen LogP contribution < -0.4 is 11.1 Å². The lowest BCUT2D eigenvalue weighted by atomic mass is 10.1. The van der Waals surface area contributed by atoms with E-state index in [1.807, 2.05) is 63.2 Å². The van der Waals surface area contributed by atoms with Crippen molar-refractivity contribution < 1.29 is 4.79 Å². The monoisotopic (exact) mass is 424 g/mol. The molecule has 3 rings (SSSR count). The number of nitrogens with zero attached hydrogens (tertiary/aromatic N) is 2. The van der Waals surface area contributed by atoms with Crippen molar-refractivity contribution in [3.8, 4) is 0 Å². The summed E-state index contributed by atoms with van der Waals surface area (Å²) < 4.78 is 0. The maximum Gasteiger partial charge on any atom is 0.251 e. The van der Waals surface area contributed by atoms with Gasteiger partial charge in [0.05, 0.1) is 0 Å². The smallest absolute Gasteiger partial charge is 0.251 e. The summed E-state index contributed by atoms with van der Waals surface area (Å²) in [6, 6.07) is 9.75. The lowest BCUT2D eigenvalue weighted by molar-refractivity contribution is -0.113. The molecule has 0 saturated heterocycles. The van der Waals surface area contributed by atoms with E-state index >= 15 is 0 Å². The zero-order valence-corrected chi connectivity index (χ0v) is 19.1. The molecule has 1 aliphatic carbocycles. The number of nitrogens with one attached hydrogen (secondary N) is 1. The van der Waals surface area contributed by atoms with Gasteiger partial charge in [0.25, 0.3) is 5.91 Å². The number of nitrogen functional groups attached to an aromatic ring is 1. The molecule has 5 nitrogen and oxygen atoms in total. The highest BCUT2D eigenvalue weighted by Gasteiger charge is 2.14. The van der Waals surface area contributed by atoms with Crippen molar-refractivity contribution in [1.29, 1.82) is 0 Å². The van der Waals surface area contributed by atoms with Crippen molar-refractivity contribution in [1.82, 2.24) is 9.88 Å². The number of aromatic nitrogens is 1. The molecule has 1 aromatic heterocycles. The van der Waals surface area contributed by atoms with Crippen LogP contribution >= 0.6 is 11.8 Å². The predicted molar refractivity (Wildman–Crippen MR) is 128 cm³/mol. The first-order valence-corrected chi connectivity index (χ1v) is 11.3. The zero-order valence-electron chi connectivity index (χ0n) is 18.3. The molecule has 0 bridgehead atoms. The quantitative estimate of drug-likeness (QED) is 0.601. The second kappa shape index (κ2) is 12.1. The first kappa shape index (κ1) is 23.5. The molecule has 2 aromatic rings. The molecule has 1 aromatic carbocycles. The summed E-state index contributed by atoms with van der Waals surface area (Å²) in [5, 5.41) is 3.05. The molecule has 6 heteroatoms. The van der Waals surface area contributed by atoms with Gasteiger partial charge < -0.3 is 16.0 Å². The second-order valence-corrected chi connectivity index (χ2v) is 7.96. The highest BCUT2D eigenvalue weighted by atomic mass is 32.2. The Morgan fingerprint density at radius 2 is 2.07 bits per heavy atom. The summed E-state index contributed by atoms with van der Waals surface area (Å²) in [4.78, 5) is 19.9. The molecular formula is C24H32N4OS. The Hall–Kier alpha value is -2.73. The van der Waals surface area contributed by atoms with Crippen molar-refractivity contribution in [2.24, 2.45) is 0 Å². The molecule has 3 N–H and O–H groups in total. The van der Waals surface area contributed by atoms with E-state index in [1.54, 1.807) is 30.2 Å². The number of thioether (sulfide) groups is 1. The maximum atomic E-state index is 12.8. The molecule has 30 heavy (non-hydrogen) atoms. The van der Waals surface area contributed by atoms with Gasteiger partial charge >= 0.3 is 0 Å². The number of nitrogens with two attached hydrogens (primary N) is 1. The summed E-state index contributed by atoms with van der Waals surface area (Å²) in [5.74, 6) is 0.728. The minimum Gasteiger partial charge on any atom is -0.398 e. The van der Waals surface area contributed by atoms with Gasteiger partial charge in [-0.05, 0) is 49.1 Å². The molecule has 0 fully saturated rings. The van der Waals surface area contributed by atoms with E-state index in [9.17, 15) is 4.79 Å². The molecule has 0 unspecified atom stereocenters. The van der Waals surface area contributed by atoms with Crippen molar-refractivity contribution in [3.05, 3.63) is 71.7 Å². The van der Waals surface area contributed by atoms with E-state index in [4.69, 9.17) is 5.73 Å². The minimum atomic E-state index is -0.0315. The average molecular weight is 425 g/mol. The summed E-state index contributed by atoms with van der Waals surface area (Å²) in [5.41, 5.74) is 10.5. The lowest BCUT2D eigenvalue weighted by Gasteiger charge is -2.14. The Kier molecular flexibility index (Phi) is 9.48. The topological polar surface area (TPSA) is 71.2 Å². The molecule has 1 aliphatic rings. The third-order valence-corrected chi connectivity index (χ3v) is 5.66. The molecule has 0 saturated carbocycles. The van der Waals surface area contributed by atoms with Gasteiger partial charge in [-0.25, -0.2) is 0 Å². The first-order valence-electron chi connectivity index (χ1n) is 10.3. The van der Waals surface area contributed by atoms with Gasteiger partial charge in [-0.3, -0.25) is 9.78 Å². The van der Waals surface area contributed by atoms with Gasteiger partial charge in [0.15, 0.2) is 0 Å². The van der Waals surface area contributed by atoms with Crippen LogP contribution in [0.2, 0.25) is 0 Å². The van der Waals surface area contributed by atoms with Crippen LogP contribution in [0.5, 0.6) is 0 Å². The Morgan fingerprint density at radius 1 is 1.27 bits per heavy atom. The number of likely N-dealkylation sites (N-methyl/N-ethyl adjacent to an activating group) is 1. The Bertz CT molecular complexity index is 906. The molecule has 1 heterocycles. The highest BCUT2D eigenvalue weighted by molar-refractivity contribution is 7.98. The van der Waals surface area contributed by atoms with Crippen LogP contribution in [0.4, 0.5) is 11.4 Å². The number of pyridine rings is 1. The molecular weight excluding hydrogens is 392 g/mol. The molecule has 0 aliphatic heterocycles. The standard InChI is InChI=1S/C22H26N4OS.C2H6/c1-26(2)19-9-4-3-7-17(13-19)22(27)25-18-8-5-6-16(12-18)15-28-21-14-24-11-10-20(21)23;1-2/h5-6,8-14H,3-4,7,15H2,1-2H3,(H2,23,24)(H,25,27);1-2H3. The molecule has 160 valence electrons. The van der Waals surface area contributed by atoms with Crippen molar-refractivity contribution in [3.63, 3.8) is 0 Å². The molecule has 0 atom stereocenters. The number of anilines is 2. The molecule has 1 amide bonds. The van der Waals surface area contributed by atoms with Gasteiger partial charge in [-0.1, -0.05) is 32.1 Å². The number of benzene rings is 1. The minimum absolute atomic E-state index is 0.0315. The zero-order chi connectivity index (χ0) is 21.9. The Balaban J connectivity index is 0.00000155. The summed E-state index contributed by atoms with van der Waals surface area (Å²) in [6.07, 6.45) is 10.4. The van der Waals surface area contributed by atoms with Crippen molar-refractivity contribution in [2.45, 2.75) is 43.8 Å². The van der Waals surface area contributed by atoms with Crippen LogP contribution in [0.3, 0.4) is 0 Å². The normalized spacial score (nSPS) is 13.2. The summed E-state index contributed by atoms with van der Waals surface area (Å²) >= 11 is 1.64. The van der Waals surface area contributed by atoms with Gasteiger partial charge in [0.2, 0.25) is 0 Å². The fraction of sp³-hybridized carbons (Fsp3) is 0.333. The van der Waals surface area contributed by atoms with Crippen LogP contribution in [-0.4, -0.2) is 29.9 Å². The Morgan fingerprint density at radius 3 is 2.80 bits per heavy atom. The second-order valence-electron chi connectivity index (χ2n) is 6.94. The average Bonchev–Trinajstić information content (AvgIpc) is 3.02. The van der Waals surface area contributed by atoms with E-state index in [0.29, 0.717) is 0 Å². The van der Waals surface area contributed by atoms with Crippen LogP contribution in [0, 0.1) is 0 Å². The van der Waals surface area contributed by atoms with Crippen LogP contribution in [0.15, 0.2) is 71.0 Å². The predicted octanol–water partition coefficient (Wildman–Crippen LogP) is 5.48. The van der Waals surface area contributed by atoms with Crippen molar-refractivity contribution >= 4 is 29.0 Å². The van der Waals surface area contributed by atoms with E-state index in [-0.39, 0.29) is 5.91 Å². The number of carbonyl (C=O) groups excluding carboxylic acids is 1. The van der Waals surface area contributed by atoms with E-state index in [2.05, 4.69) is 16.4 Å². The largest absolute Gasteiger partial charge is 0.398 e. The first-order chi connectivity index (χ1) is 14.5. The van der Waals surface area contributed by atoms with Gasteiger partial charge in [-0.15, -0.1) is 11.8 Å².